The number of carboxylic acids is 2. The van der Waals surface area contributed by atoms with E-state index in [1.807, 2.05) is 30.0 Å². The highest BCUT2D eigenvalue weighted by Gasteiger charge is 2.05. The third kappa shape index (κ3) is 16.9. The van der Waals surface area contributed by atoms with Gasteiger partial charge in [-0.3, -0.25) is 9.59 Å². The van der Waals surface area contributed by atoms with E-state index >= 15 is 0 Å². The lowest BCUT2D eigenvalue weighted by molar-refractivity contribution is -0.138. The molecule has 0 aliphatic heterocycles. The van der Waals surface area contributed by atoms with Gasteiger partial charge >= 0.3 is 11.9 Å². The van der Waals surface area contributed by atoms with Crippen LogP contribution in [0.2, 0.25) is 0 Å². The fraction of sp³-hybridized carbons (Fsp3) is 0.692. The van der Waals surface area contributed by atoms with Crippen LogP contribution in [0.25, 0.3) is 0 Å². The topological polar surface area (TPSA) is 83.8 Å². The van der Waals surface area contributed by atoms with Crippen LogP contribution in [0.1, 0.15) is 103 Å². The van der Waals surface area contributed by atoms with Gasteiger partial charge in [0.2, 0.25) is 0 Å². The maximum absolute atomic E-state index is 10.6. The van der Waals surface area contributed by atoms with Crippen LogP contribution in [0.15, 0.2) is 29.2 Å². The summed E-state index contributed by atoms with van der Waals surface area (Å²) < 4.78 is 5.77. The summed E-state index contributed by atoms with van der Waals surface area (Å²) in [6, 6.07) is 8.01. The Morgan fingerprint density at radius 2 is 1.12 bits per heavy atom. The molecule has 0 saturated heterocycles. The van der Waals surface area contributed by atoms with E-state index < -0.39 is 11.9 Å². The van der Waals surface area contributed by atoms with Gasteiger partial charge in [0, 0.05) is 17.7 Å². The Bertz CT molecular complexity index is 620. The van der Waals surface area contributed by atoms with Crippen LogP contribution in [0, 0.1) is 0 Å². The minimum atomic E-state index is -0.780. The van der Waals surface area contributed by atoms with Crippen LogP contribution in [0.5, 0.6) is 5.75 Å². The summed E-state index contributed by atoms with van der Waals surface area (Å²) >= 11 is 1.83. The zero-order valence-electron chi connectivity index (χ0n) is 19.6. The van der Waals surface area contributed by atoms with Crippen molar-refractivity contribution in [3.63, 3.8) is 0 Å². The van der Waals surface area contributed by atoms with E-state index in [-0.39, 0.29) is 6.42 Å². The fourth-order valence-electron chi connectivity index (χ4n) is 3.60. The molecule has 0 fully saturated rings. The van der Waals surface area contributed by atoms with E-state index in [1.54, 1.807) is 0 Å². The van der Waals surface area contributed by atoms with Crippen molar-refractivity contribution in [2.75, 3.05) is 12.4 Å². The number of para-hydroxylation sites is 1. The highest BCUT2D eigenvalue weighted by molar-refractivity contribution is 7.99. The normalized spacial score (nSPS) is 10.9. The first kappa shape index (κ1) is 28.3. The Morgan fingerprint density at radius 1 is 0.656 bits per heavy atom. The number of hydrogen-bond acceptors (Lipinski definition) is 4. The molecule has 2 N–H and O–H groups in total. The molecule has 0 aliphatic carbocycles. The summed E-state index contributed by atoms with van der Waals surface area (Å²) in [4.78, 5) is 22.2. The molecule has 182 valence electrons. The minimum Gasteiger partial charge on any atom is -0.492 e. The van der Waals surface area contributed by atoms with Gasteiger partial charge in [0.15, 0.2) is 0 Å². The maximum Gasteiger partial charge on any atom is 0.303 e. The van der Waals surface area contributed by atoms with Crippen molar-refractivity contribution < 1.29 is 24.5 Å². The number of carboxylic acid groups (broad SMARTS) is 2. The Hall–Kier alpha value is -1.69. The monoisotopic (exact) mass is 466 g/mol. The molecule has 0 amide bonds. The summed E-state index contributed by atoms with van der Waals surface area (Å²) in [5, 5.41) is 17.3. The molecule has 0 aliphatic rings. The van der Waals surface area contributed by atoms with Gasteiger partial charge in [-0.15, -0.1) is 11.8 Å². The number of carbonyl (C=O) groups is 2. The lowest BCUT2D eigenvalue weighted by Gasteiger charge is -2.10. The van der Waals surface area contributed by atoms with Crippen LogP contribution in [0.3, 0.4) is 0 Å². The van der Waals surface area contributed by atoms with Gasteiger partial charge in [-0.2, -0.15) is 0 Å². The average Bonchev–Trinajstić information content (AvgIpc) is 2.77. The molecule has 6 heteroatoms. The molecule has 1 aromatic carbocycles. The summed E-state index contributed by atoms with van der Waals surface area (Å²) in [6.07, 6.45) is 17.0. The number of rotatable bonds is 22. The summed E-state index contributed by atoms with van der Waals surface area (Å²) in [5.74, 6) is 0.494. The first-order valence-electron chi connectivity index (χ1n) is 12.4. The van der Waals surface area contributed by atoms with Crippen molar-refractivity contribution >= 4 is 23.7 Å². The van der Waals surface area contributed by atoms with Gasteiger partial charge in [-0.25, -0.2) is 0 Å². The number of aliphatic carboxylic acids is 2. The third-order valence-electron chi connectivity index (χ3n) is 5.43. The third-order valence-corrected chi connectivity index (χ3v) is 6.58. The summed E-state index contributed by atoms with van der Waals surface area (Å²) in [5.41, 5.74) is 0. The Labute approximate surface area is 198 Å². The van der Waals surface area contributed by atoms with E-state index in [0.717, 1.165) is 29.2 Å². The molecular formula is C26H42O5S. The zero-order chi connectivity index (χ0) is 23.3. The molecule has 0 aromatic heterocycles. The van der Waals surface area contributed by atoms with E-state index in [2.05, 4.69) is 6.07 Å². The Morgan fingerprint density at radius 3 is 1.69 bits per heavy atom. The second-order valence-corrected chi connectivity index (χ2v) is 9.52. The molecular weight excluding hydrogens is 424 g/mol. The summed E-state index contributed by atoms with van der Waals surface area (Å²) in [6.45, 7) is 0.441. The fourth-order valence-corrected chi connectivity index (χ4v) is 4.61. The number of hydrogen-bond donors (Lipinski definition) is 2. The molecule has 5 nitrogen and oxygen atoms in total. The Balaban J connectivity index is 1.92. The van der Waals surface area contributed by atoms with Crippen LogP contribution in [-0.4, -0.2) is 34.5 Å². The van der Waals surface area contributed by atoms with Crippen LogP contribution >= 0.6 is 11.8 Å². The van der Waals surface area contributed by atoms with Crippen LogP contribution in [-0.2, 0) is 9.59 Å². The molecule has 32 heavy (non-hydrogen) atoms. The summed E-state index contributed by atoms with van der Waals surface area (Å²) in [7, 11) is 0. The molecule has 0 spiro atoms. The van der Waals surface area contributed by atoms with E-state index in [4.69, 9.17) is 14.9 Å². The van der Waals surface area contributed by atoms with Gasteiger partial charge in [0.25, 0.3) is 0 Å². The van der Waals surface area contributed by atoms with E-state index in [1.165, 1.54) is 70.6 Å². The quantitative estimate of drug-likeness (QED) is 0.135. The first-order valence-corrected chi connectivity index (χ1v) is 13.4. The van der Waals surface area contributed by atoms with Gasteiger partial charge < -0.3 is 14.9 Å². The van der Waals surface area contributed by atoms with Crippen molar-refractivity contribution in [1.82, 2.24) is 0 Å². The van der Waals surface area contributed by atoms with Crippen molar-refractivity contribution in [2.45, 2.75) is 108 Å². The number of thioether (sulfide) groups is 1. The van der Waals surface area contributed by atoms with Gasteiger partial charge in [0.05, 0.1) is 6.61 Å². The van der Waals surface area contributed by atoms with E-state index in [0.29, 0.717) is 19.4 Å². The predicted octanol–water partition coefficient (Wildman–Crippen LogP) is 7.57. The average molecular weight is 467 g/mol. The molecule has 1 rings (SSSR count). The second kappa shape index (κ2) is 20.0. The molecule has 0 bridgehead atoms. The van der Waals surface area contributed by atoms with Crippen molar-refractivity contribution in [2.24, 2.45) is 0 Å². The minimum absolute atomic E-state index is 0.144. The zero-order valence-corrected chi connectivity index (χ0v) is 20.4. The molecule has 0 saturated carbocycles. The van der Waals surface area contributed by atoms with E-state index in [9.17, 15) is 9.59 Å². The van der Waals surface area contributed by atoms with Crippen molar-refractivity contribution in [1.29, 1.82) is 0 Å². The highest BCUT2D eigenvalue weighted by atomic mass is 32.2. The van der Waals surface area contributed by atoms with Gasteiger partial charge in [-0.1, -0.05) is 82.8 Å². The standard InChI is InChI=1S/C26H42O5S/c27-25(28)19-12-10-8-6-4-2-1-3-5-7-9-11-15-22-32-24-18-14-13-17-23(24)31-21-16-20-26(29)30/h13-14,17-18H,1-12,15-16,19-22H2,(H,27,28)(H,29,30). The number of unbranched alkanes of at least 4 members (excludes halogenated alkanes) is 12. The Kier molecular flexibility index (Phi) is 17.7. The molecule has 1 aromatic rings. The lowest BCUT2D eigenvalue weighted by atomic mass is 10.0. The highest BCUT2D eigenvalue weighted by Crippen LogP contribution is 2.30. The molecule has 0 unspecified atom stereocenters. The molecule has 0 radical (unpaired) electrons. The second-order valence-electron chi connectivity index (χ2n) is 8.38. The van der Waals surface area contributed by atoms with Crippen molar-refractivity contribution in [3.8, 4) is 5.75 Å². The number of benzene rings is 1. The first-order chi connectivity index (χ1) is 15.6. The molecule has 0 atom stereocenters. The van der Waals surface area contributed by atoms with Crippen LogP contribution < -0.4 is 4.74 Å². The van der Waals surface area contributed by atoms with Gasteiger partial charge in [-0.05, 0) is 37.1 Å². The predicted molar refractivity (Wildman–Crippen MR) is 132 cm³/mol. The van der Waals surface area contributed by atoms with Gasteiger partial charge in [0.1, 0.15) is 5.75 Å². The maximum atomic E-state index is 10.6. The smallest absolute Gasteiger partial charge is 0.303 e. The lowest BCUT2D eigenvalue weighted by Crippen LogP contribution is -2.02. The van der Waals surface area contributed by atoms with Crippen molar-refractivity contribution in [3.05, 3.63) is 24.3 Å². The number of ether oxygens (including phenoxy) is 1. The largest absolute Gasteiger partial charge is 0.492 e. The SMILES string of the molecule is O=C(O)CCCCCCCCCCCCCCCSc1ccccc1OCCCC(=O)O. The molecule has 0 heterocycles. The van der Waals surface area contributed by atoms with Crippen LogP contribution in [0.4, 0.5) is 0 Å².